The first-order valence-corrected chi connectivity index (χ1v) is 8.99. The van der Waals surface area contributed by atoms with Gasteiger partial charge in [0, 0.05) is 31.1 Å². The first-order chi connectivity index (χ1) is 10.3. The fourth-order valence-electron chi connectivity index (χ4n) is 2.51. The van der Waals surface area contributed by atoms with Gasteiger partial charge in [0.15, 0.2) is 10.3 Å². The van der Waals surface area contributed by atoms with E-state index >= 15 is 0 Å². The molecule has 0 aliphatic carbocycles. The van der Waals surface area contributed by atoms with Gasteiger partial charge in [-0.05, 0) is 25.9 Å². The lowest BCUT2D eigenvalue weighted by Gasteiger charge is -2.21. The average Bonchev–Trinajstić information content (AvgIpc) is 3.13. The Bertz CT molecular complexity index is 597. The number of thioether (sulfide) groups is 1. The van der Waals surface area contributed by atoms with Crippen LogP contribution in [0.4, 0.5) is 5.13 Å². The summed E-state index contributed by atoms with van der Waals surface area (Å²) in [6.07, 6.45) is 2.29. The Hall–Kier alpha value is -0.540. The molecular formula is C13H22Cl2N6S2. The topological polar surface area (TPSA) is 67.7 Å². The van der Waals surface area contributed by atoms with Crippen molar-refractivity contribution in [1.29, 1.82) is 0 Å². The van der Waals surface area contributed by atoms with Gasteiger partial charge in [0.25, 0.3) is 0 Å². The highest BCUT2D eigenvalue weighted by atomic mass is 35.5. The molecule has 1 saturated heterocycles. The number of hydrogen-bond acceptors (Lipinski definition) is 7. The quantitative estimate of drug-likeness (QED) is 0.757. The zero-order valence-electron chi connectivity index (χ0n) is 13.1. The largest absolute Gasteiger partial charge is 0.365 e. The standard InChI is InChI=1S/C13H20N6S2.2ClH/c1-14-12-16-10(7-20-12)8-21-13-18-17-11(19(13)2)9-3-5-15-6-4-9;;/h7,9,15H,3-6,8H2,1-2H3,(H,14,16);2*1H. The van der Waals surface area contributed by atoms with E-state index in [-0.39, 0.29) is 24.8 Å². The molecule has 10 heteroatoms. The number of thiazole rings is 1. The third-order valence-electron chi connectivity index (χ3n) is 3.69. The first-order valence-electron chi connectivity index (χ1n) is 7.13. The monoisotopic (exact) mass is 396 g/mol. The van der Waals surface area contributed by atoms with E-state index in [0.29, 0.717) is 5.92 Å². The molecule has 2 aromatic rings. The lowest BCUT2D eigenvalue weighted by atomic mass is 9.97. The lowest BCUT2D eigenvalue weighted by Crippen LogP contribution is -2.27. The number of nitrogens with one attached hydrogen (secondary N) is 2. The number of anilines is 1. The van der Waals surface area contributed by atoms with Crippen molar-refractivity contribution in [3.8, 4) is 0 Å². The molecule has 1 fully saturated rings. The zero-order valence-corrected chi connectivity index (χ0v) is 16.4. The number of piperidine rings is 1. The molecule has 0 atom stereocenters. The van der Waals surface area contributed by atoms with Crippen molar-refractivity contribution >= 4 is 53.0 Å². The SMILES string of the molecule is CNc1nc(CSc2nnc(C3CCNCC3)n2C)cs1.Cl.Cl. The van der Waals surface area contributed by atoms with Crippen LogP contribution in [0.3, 0.4) is 0 Å². The van der Waals surface area contributed by atoms with Gasteiger partial charge >= 0.3 is 0 Å². The maximum absolute atomic E-state index is 4.49. The van der Waals surface area contributed by atoms with E-state index in [2.05, 4.69) is 42.8 Å². The highest BCUT2D eigenvalue weighted by Crippen LogP contribution is 2.28. The van der Waals surface area contributed by atoms with E-state index in [9.17, 15) is 0 Å². The van der Waals surface area contributed by atoms with Crippen LogP contribution in [-0.2, 0) is 12.8 Å². The van der Waals surface area contributed by atoms with Crippen LogP contribution >= 0.6 is 47.9 Å². The summed E-state index contributed by atoms with van der Waals surface area (Å²) < 4.78 is 2.14. The molecule has 0 bridgehead atoms. The van der Waals surface area contributed by atoms with E-state index in [1.54, 1.807) is 23.1 Å². The highest BCUT2D eigenvalue weighted by Gasteiger charge is 2.21. The maximum Gasteiger partial charge on any atom is 0.191 e. The Morgan fingerprint density at radius 2 is 2.09 bits per heavy atom. The minimum absolute atomic E-state index is 0. The van der Waals surface area contributed by atoms with Crippen LogP contribution in [0.1, 0.15) is 30.3 Å². The smallest absolute Gasteiger partial charge is 0.191 e. The van der Waals surface area contributed by atoms with E-state index in [0.717, 1.165) is 53.5 Å². The van der Waals surface area contributed by atoms with Crippen molar-refractivity contribution in [3.63, 3.8) is 0 Å². The number of aromatic nitrogens is 4. The van der Waals surface area contributed by atoms with Gasteiger partial charge in [0.1, 0.15) is 5.82 Å². The molecule has 0 amide bonds. The van der Waals surface area contributed by atoms with Gasteiger partial charge < -0.3 is 15.2 Å². The Morgan fingerprint density at radius 1 is 1.35 bits per heavy atom. The fourth-order valence-corrected chi connectivity index (χ4v) is 4.10. The van der Waals surface area contributed by atoms with Gasteiger partial charge in [0.05, 0.1) is 5.69 Å². The normalized spacial score (nSPS) is 14.9. The fraction of sp³-hybridized carbons (Fsp3) is 0.615. The molecule has 3 rings (SSSR count). The Morgan fingerprint density at radius 3 is 2.74 bits per heavy atom. The summed E-state index contributed by atoms with van der Waals surface area (Å²) in [7, 11) is 3.96. The number of halogens is 2. The molecule has 23 heavy (non-hydrogen) atoms. The number of hydrogen-bond donors (Lipinski definition) is 2. The van der Waals surface area contributed by atoms with E-state index in [4.69, 9.17) is 0 Å². The zero-order chi connectivity index (χ0) is 14.7. The molecule has 1 aliphatic heterocycles. The molecule has 1 aliphatic rings. The third kappa shape index (κ3) is 4.96. The summed E-state index contributed by atoms with van der Waals surface area (Å²) in [6, 6.07) is 0. The Labute approximate surface area is 157 Å². The maximum atomic E-state index is 4.49. The van der Waals surface area contributed by atoms with Crippen LogP contribution in [0, 0.1) is 0 Å². The van der Waals surface area contributed by atoms with Crippen LogP contribution in [0.5, 0.6) is 0 Å². The highest BCUT2D eigenvalue weighted by molar-refractivity contribution is 7.98. The van der Waals surface area contributed by atoms with E-state index < -0.39 is 0 Å². The predicted octanol–water partition coefficient (Wildman–Crippen LogP) is 2.92. The van der Waals surface area contributed by atoms with Crippen LogP contribution in [-0.4, -0.2) is 39.9 Å². The number of nitrogens with zero attached hydrogens (tertiary/aromatic N) is 4. The number of rotatable bonds is 5. The van der Waals surface area contributed by atoms with Gasteiger partial charge in [-0.15, -0.1) is 46.3 Å². The molecule has 2 N–H and O–H groups in total. The van der Waals surface area contributed by atoms with Crippen LogP contribution in [0.2, 0.25) is 0 Å². The van der Waals surface area contributed by atoms with E-state index in [1.807, 2.05) is 7.05 Å². The van der Waals surface area contributed by atoms with E-state index in [1.165, 1.54) is 0 Å². The molecule has 130 valence electrons. The summed E-state index contributed by atoms with van der Waals surface area (Å²) >= 11 is 3.33. The Balaban J connectivity index is 0.00000132. The van der Waals surface area contributed by atoms with Gasteiger partial charge in [0.2, 0.25) is 0 Å². The average molecular weight is 397 g/mol. The molecule has 0 unspecified atom stereocenters. The second-order valence-corrected chi connectivity index (χ2v) is 6.91. The molecule has 6 nitrogen and oxygen atoms in total. The molecule has 0 radical (unpaired) electrons. The van der Waals surface area contributed by atoms with Crippen LogP contribution in [0.15, 0.2) is 10.5 Å². The summed E-state index contributed by atoms with van der Waals surface area (Å²) in [5.74, 6) is 2.48. The molecule has 3 heterocycles. The molecular weight excluding hydrogens is 375 g/mol. The molecule has 0 spiro atoms. The second-order valence-electron chi connectivity index (χ2n) is 5.11. The minimum atomic E-state index is 0. The van der Waals surface area contributed by atoms with Crippen molar-refractivity contribution in [1.82, 2.24) is 25.1 Å². The van der Waals surface area contributed by atoms with Crippen molar-refractivity contribution in [2.45, 2.75) is 29.7 Å². The van der Waals surface area contributed by atoms with Crippen molar-refractivity contribution in [2.75, 3.05) is 25.5 Å². The molecule has 0 aromatic carbocycles. The summed E-state index contributed by atoms with van der Waals surface area (Å²) in [6.45, 7) is 2.15. The lowest BCUT2D eigenvalue weighted by molar-refractivity contribution is 0.434. The van der Waals surface area contributed by atoms with Crippen LogP contribution in [0.25, 0.3) is 0 Å². The predicted molar refractivity (Wildman–Crippen MR) is 102 cm³/mol. The van der Waals surface area contributed by atoms with Crippen molar-refractivity contribution < 1.29 is 0 Å². The third-order valence-corrected chi connectivity index (χ3v) is 5.65. The van der Waals surface area contributed by atoms with Gasteiger partial charge in [-0.1, -0.05) is 11.8 Å². The van der Waals surface area contributed by atoms with Gasteiger partial charge in [-0.2, -0.15) is 0 Å². The summed E-state index contributed by atoms with van der Waals surface area (Å²) in [4.78, 5) is 4.49. The first kappa shape index (κ1) is 20.5. The summed E-state index contributed by atoms with van der Waals surface area (Å²) in [5, 5.41) is 19.2. The minimum Gasteiger partial charge on any atom is -0.365 e. The van der Waals surface area contributed by atoms with Crippen molar-refractivity contribution in [3.05, 3.63) is 16.9 Å². The van der Waals surface area contributed by atoms with Crippen molar-refractivity contribution in [2.24, 2.45) is 7.05 Å². The molecule has 2 aromatic heterocycles. The van der Waals surface area contributed by atoms with Gasteiger partial charge in [-0.3, -0.25) is 0 Å². The van der Waals surface area contributed by atoms with Crippen LogP contribution < -0.4 is 10.6 Å². The van der Waals surface area contributed by atoms with Gasteiger partial charge in [-0.25, -0.2) is 4.98 Å². The summed E-state index contributed by atoms with van der Waals surface area (Å²) in [5.41, 5.74) is 1.08. The molecule has 0 saturated carbocycles. The Kier molecular flexibility index (Phi) is 8.63. The second kappa shape index (κ2) is 9.68.